The molecule has 0 aromatic heterocycles. The lowest BCUT2D eigenvalue weighted by Crippen LogP contribution is -2.05. The molecule has 0 radical (unpaired) electrons. The average molecular weight is 224 g/mol. The van der Waals surface area contributed by atoms with Gasteiger partial charge in [-0.25, -0.2) is 4.79 Å². The van der Waals surface area contributed by atoms with Gasteiger partial charge < -0.3 is 9.84 Å². The Balaban J connectivity index is 2.79. The van der Waals surface area contributed by atoms with Gasteiger partial charge in [-0.3, -0.25) is 0 Å². The Hall–Kier alpha value is -1.84. The molecule has 0 spiro atoms. The molecule has 0 amide bonds. The third kappa shape index (κ3) is 3.73. The number of benzene rings is 1. The van der Waals surface area contributed by atoms with E-state index in [1.54, 1.807) is 24.3 Å². The van der Waals surface area contributed by atoms with Crippen molar-refractivity contribution >= 4 is 12.0 Å². The third-order valence-electron chi connectivity index (χ3n) is 1.75. The lowest BCUT2D eigenvalue weighted by Gasteiger charge is -2.09. The highest BCUT2D eigenvalue weighted by Gasteiger charge is 2.05. The number of carboxylic acid groups (broad SMARTS) is 1. The van der Waals surface area contributed by atoms with E-state index in [2.05, 4.69) is 0 Å². The first-order chi connectivity index (χ1) is 7.49. The van der Waals surface area contributed by atoms with Crippen molar-refractivity contribution in [3.63, 3.8) is 0 Å². The van der Waals surface area contributed by atoms with Crippen LogP contribution in [0.2, 0.25) is 0 Å². The van der Waals surface area contributed by atoms with E-state index in [1.165, 1.54) is 0 Å². The standard InChI is InChI=1S/C12H13FO3/c1-8(2)16-10-5-3-9(4-6-10)7-11(13)12(14)15/h3-8H,1-2H3,(H,14,15). The second-order valence-corrected chi connectivity index (χ2v) is 3.53. The highest BCUT2D eigenvalue weighted by molar-refractivity contribution is 5.89. The maximum atomic E-state index is 12.8. The highest BCUT2D eigenvalue weighted by atomic mass is 19.1. The first-order valence-corrected chi connectivity index (χ1v) is 4.86. The first kappa shape index (κ1) is 12.2. The molecule has 0 aliphatic heterocycles. The molecule has 0 atom stereocenters. The Kier molecular flexibility index (Phi) is 4.05. The minimum Gasteiger partial charge on any atom is -0.491 e. The number of rotatable bonds is 4. The van der Waals surface area contributed by atoms with Crippen molar-refractivity contribution in [2.45, 2.75) is 20.0 Å². The van der Waals surface area contributed by atoms with E-state index in [9.17, 15) is 9.18 Å². The minimum atomic E-state index is -1.57. The fourth-order valence-corrected chi connectivity index (χ4v) is 1.12. The van der Waals surface area contributed by atoms with E-state index in [-0.39, 0.29) is 6.10 Å². The van der Waals surface area contributed by atoms with Gasteiger partial charge in [0, 0.05) is 0 Å². The van der Waals surface area contributed by atoms with Crippen LogP contribution in [0.4, 0.5) is 4.39 Å². The summed E-state index contributed by atoms with van der Waals surface area (Å²) in [5.41, 5.74) is 0.482. The number of carboxylic acids is 1. The quantitative estimate of drug-likeness (QED) is 0.800. The molecule has 0 fully saturated rings. The van der Waals surface area contributed by atoms with E-state index in [1.807, 2.05) is 13.8 Å². The molecular weight excluding hydrogens is 211 g/mol. The van der Waals surface area contributed by atoms with Gasteiger partial charge in [-0.15, -0.1) is 0 Å². The molecule has 16 heavy (non-hydrogen) atoms. The molecule has 0 bridgehead atoms. The first-order valence-electron chi connectivity index (χ1n) is 4.86. The van der Waals surface area contributed by atoms with Crippen molar-refractivity contribution in [2.75, 3.05) is 0 Å². The third-order valence-corrected chi connectivity index (χ3v) is 1.75. The molecule has 4 heteroatoms. The molecule has 1 rings (SSSR count). The van der Waals surface area contributed by atoms with Crippen LogP contribution in [-0.2, 0) is 4.79 Å². The lowest BCUT2D eigenvalue weighted by molar-refractivity contribution is -0.134. The van der Waals surface area contributed by atoms with Gasteiger partial charge in [-0.05, 0) is 37.6 Å². The van der Waals surface area contributed by atoms with Crippen LogP contribution in [0.15, 0.2) is 30.1 Å². The van der Waals surface area contributed by atoms with Gasteiger partial charge in [0.05, 0.1) is 6.10 Å². The molecule has 0 aliphatic rings. The van der Waals surface area contributed by atoms with Crippen molar-refractivity contribution in [1.29, 1.82) is 0 Å². The lowest BCUT2D eigenvalue weighted by atomic mass is 10.2. The van der Waals surface area contributed by atoms with Crippen LogP contribution in [0.3, 0.4) is 0 Å². The molecule has 1 N–H and O–H groups in total. The minimum absolute atomic E-state index is 0.0668. The fourth-order valence-electron chi connectivity index (χ4n) is 1.12. The fraction of sp³-hybridized carbons (Fsp3) is 0.250. The van der Waals surface area contributed by atoms with Gasteiger partial charge in [-0.2, -0.15) is 4.39 Å². The number of hydrogen-bond acceptors (Lipinski definition) is 2. The molecule has 0 heterocycles. The van der Waals surface area contributed by atoms with E-state index < -0.39 is 11.8 Å². The van der Waals surface area contributed by atoms with Gasteiger partial charge >= 0.3 is 5.97 Å². The van der Waals surface area contributed by atoms with E-state index in [0.717, 1.165) is 6.08 Å². The summed E-state index contributed by atoms with van der Waals surface area (Å²) in [6.07, 6.45) is 1.03. The number of aliphatic carboxylic acids is 1. The Morgan fingerprint density at radius 3 is 2.38 bits per heavy atom. The second kappa shape index (κ2) is 5.30. The van der Waals surface area contributed by atoms with Gasteiger partial charge in [0.15, 0.2) is 0 Å². The molecular formula is C12H13FO3. The molecule has 1 aromatic carbocycles. The smallest absolute Gasteiger partial charge is 0.364 e. The van der Waals surface area contributed by atoms with Crippen LogP contribution in [0.5, 0.6) is 5.75 Å². The van der Waals surface area contributed by atoms with Crippen molar-refractivity contribution < 1.29 is 19.0 Å². The van der Waals surface area contributed by atoms with E-state index in [4.69, 9.17) is 9.84 Å². The summed E-state index contributed by atoms with van der Waals surface area (Å²) in [6, 6.07) is 6.53. The average Bonchev–Trinajstić information content (AvgIpc) is 2.20. The Labute approximate surface area is 93.2 Å². The maximum Gasteiger partial charge on any atom is 0.364 e. The van der Waals surface area contributed by atoms with Crippen LogP contribution < -0.4 is 4.74 Å². The summed E-state index contributed by atoms with van der Waals surface area (Å²) in [6.45, 7) is 3.80. The largest absolute Gasteiger partial charge is 0.491 e. The molecule has 1 aromatic rings. The molecule has 0 aliphatic carbocycles. The number of ether oxygens (including phenoxy) is 1. The summed E-state index contributed by atoms with van der Waals surface area (Å²) in [5.74, 6) is -2.08. The van der Waals surface area contributed by atoms with E-state index >= 15 is 0 Å². The molecule has 0 saturated carbocycles. The Morgan fingerprint density at radius 2 is 1.94 bits per heavy atom. The van der Waals surface area contributed by atoms with Crippen molar-refractivity contribution in [2.24, 2.45) is 0 Å². The van der Waals surface area contributed by atoms with Crippen LogP contribution in [0.1, 0.15) is 19.4 Å². The van der Waals surface area contributed by atoms with Gasteiger partial charge in [0.1, 0.15) is 5.75 Å². The summed E-state index contributed by atoms with van der Waals surface area (Å²) in [4.78, 5) is 10.2. The summed E-state index contributed by atoms with van der Waals surface area (Å²) in [5, 5.41) is 8.35. The monoisotopic (exact) mass is 224 g/mol. The topological polar surface area (TPSA) is 46.5 Å². The predicted octanol–water partition coefficient (Wildman–Crippen LogP) is 2.87. The predicted molar refractivity (Wildman–Crippen MR) is 58.9 cm³/mol. The Morgan fingerprint density at radius 1 is 1.38 bits per heavy atom. The van der Waals surface area contributed by atoms with E-state index in [0.29, 0.717) is 11.3 Å². The zero-order valence-corrected chi connectivity index (χ0v) is 9.11. The van der Waals surface area contributed by atoms with Crippen LogP contribution >= 0.6 is 0 Å². The number of carbonyl (C=O) groups is 1. The van der Waals surface area contributed by atoms with Gasteiger partial charge in [0.2, 0.25) is 5.83 Å². The second-order valence-electron chi connectivity index (χ2n) is 3.53. The Bertz CT molecular complexity index is 393. The van der Waals surface area contributed by atoms with Crippen molar-refractivity contribution in [3.8, 4) is 5.75 Å². The SMILES string of the molecule is CC(C)Oc1ccc(C=C(F)C(=O)O)cc1. The zero-order valence-electron chi connectivity index (χ0n) is 9.11. The summed E-state index contributed by atoms with van der Waals surface area (Å²) >= 11 is 0. The van der Waals surface area contributed by atoms with Crippen LogP contribution in [0.25, 0.3) is 6.08 Å². The highest BCUT2D eigenvalue weighted by Crippen LogP contribution is 2.16. The normalized spacial score (nSPS) is 11.6. The van der Waals surface area contributed by atoms with Gasteiger partial charge in [-0.1, -0.05) is 12.1 Å². The molecule has 86 valence electrons. The maximum absolute atomic E-state index is 12.8. The molecule has 0 saturated heterocycles. The van der Waals surface area contributed by atoms with Crippen molar-refractivity contribution in [3.05, 3.63) is 35.7 Å². The van der Waals surface area contributed by atoms with Gasteiger partial charge in [0.25, 0.3) is 0 Å². The van der Waals surface area contributed by atoms with Crippen LogP contribution in [-0.4, -0.2) is 17.2 Å². The zero-order chi connectivity index (χ0) is 12.1. The number of hydrogen-bond donors (Lipinski definition) is 1. The summed E-state index contributed by atoms with van der Waals surface area (Å²) in [7, 11) is 0. The van der Waals surface area contributed by atoms with Crippen molar-refractivity contribution in [1.82, 2.24) is 0 Å². The number of halogens is 1. The molecule has 3 nitrogen and oxygen atoms in total. The molecule has 0 unspecified atom stereocenters. The summed E-state index contributed by atoms with van der Waals surface area (Å²) < 4.78 is 18.1. The van der Waals surface area contributed by atoms with Crippen LogP contribution in [0, 0.1) is 0 Å².